The molecule has 0 radical (unpaired) electrons. The Morgan fingerprint density at radius 3 is 2.81 bits per heavy atom. The molecule has 3 aromatic rings. The molecule has 106 valence electrons. The highest BCUT2D eigenvalue weighted by atomic mass is 79.9. The first-order chi connectivity index (χ1) is 10.1. The molecule has 0 fully saturated rings. The highest BCUT2D eigenvalue weighted by molar-refractivity contribution is 9.10. The average Bonchev–Trinajstić information content (AvgIpc) is 2.50. The van der Waals surface area contributed by atoms with Gasteiger partial charge in [0.05, 0.1) is 11.7 Å². The first-order valence-corrected chi connectivity index (χ1v) is 7.47. The van der Waals surface area contributed by atoms with E-state index in [9.17, 15) is 4.39 Å². The molecule has 21 heavy (non-hydrogen) atoms. The summed E-state index contributed by atoms with van der Waals surface area (Å²) < 4.78 is 14.7. The molecule has 0 bridgehead atoms. The molecule has 0 saturated carbocycles. The third-order valence-corrected chi connectivity index (χ3v) is 4.00. The predicted octanol–water partition coefficient (Wildman–Crippen LogP) is 4.38. The highest BCUT2D eigenvalue weighted by Gasteiger charge is 2.14. The van der Waals surface area contributed by atoms with Crippen LogP contribution < -0.4 is 5.73 Å². The van der Waals surface area contributed by atoms with Crippen LogP contribution in [0.1, 0.15) is 17.3 Å². The van der Waals surface area contributed by atoms with Gasteiger partial charge in [0.2, 0.25) is 0 Å². The molecule has 4 heteroatoms. The van der Waals surface area contributed by atoms with Crippen LogP contribution in [0.4, 0.5) is 4.39 Å². The van der Waals surface area contributed by atoms with Crippen molar-refractivity contribution in [1.29, 1.82) is 0 Å². The Morgan fingerprint density at radius 2 is 1.95 bits per heavy atom. The van der Waals surface area contributed by atoms with Gasteiger partial charge >= 0.3 is 0 Å². The average molecular weight is 345 g/mol. The normalized spacial score (nSPS) is 12.5. The lowest BCUT2D eigenvalue weighted by molar-refractivity contribution is 0.590. The largest absolute Gasteiger partial charge is 0.322 e. The van der Waals surface area contributed by atoms with Gasteiger partial charge < -0.3 is 5.73 Å². The van der Waals surface area contributed by atoms with Crippen LogP contribution in [-0.4, -0.2) is 4.98 Å². The van der Waals surface area contributed by atoms with Gasteiger partial charge in [-0.15, -0.1) is 0 Å². The fraction of sp³-hybridized carbons (Fsp3) is 0.118. The SMILES string of the molecule is NC(Cc1cc(Br)ccc1F)c1nccc2ccccc12. The Labute approximate surface area is 130 Å². The second-order valence-corrected chi connectivity index (χ2v) is 5.88. The highest BCUT2D eigenvalue weighted by Crippen LogP contribution is 2.25. The summed E-state index contributed by atoms with van der Waals surface area (Å²) in [5.74, 6) is -0.242. The fourth-order valence-corrected chi connectivity index (χ4v) is 2.88. The second-order valence-electron chi connectivity index (χ2n) is 4.96. The van der Waals surface area contributed by atoms with Crippen LogP contribution in [-0.2, 0) is 6.42 Å². The summed E-state index contributed by atoms with van der Waals surface area (Å²) in [6, 6.07) is 14.4. The molecule has 2 nitrogen and oxygen atoms in total. The predicted molar refractivity (Wildman–Crippen MR) is 86.5 cm³/mol. The number of hydrogen-bond acceptors (Lipinski definition) is 2. The van der Waals surface area contributed by atoms with E-state index in [2.05, 4.69) is 20.9 Å². The summed E-state index contributed by atoms with van der Waals surface area (Å²) in [6.45, 7) is 0. The van der Waals surface area contributed by atoms with E-state index in [-0.39, 0.29) is 11.9 Å². The van der Waals surface area contributed by atoms with E-state index in [1.54, 1.807) is 18.3 Å². The lowest BCUT2D eigenvalue weighted by Crippen LogP contribution is -2.16. The lowest BCUT2D eigenvalue weighted by atomic mass is 9.99. The van der Waals surface area contributed by atoms with Gasteiger partial charge in [-0.1, -0.05) is 40.2 Å². The van der Waals surface area contributed by atoms with Gasteiger partial charge in [-0.3, -0.25) is 4.98 Å². The minimum Gasteiger partial charge on any atom is -0.322 e. The summed E-state index contributed by atoms with van der Waals surface area (Å²) >= 11 is 3.36. The van der Waals surface area contributed by atoms with Crippen LogP contribution in [0.15, 0.2) is 59.2 Å². The van der Waals surface area contributed by atoms with E-state index in [0.717, 1.165) is 20.9 Å². The van der Waals surface area contributed by atoms with E-state index in [1.165, 1.54) is 6.07 Å². The fourth-order valence-electron chi connectivity index (χ4n) is 2.47. The second kappa shape index (κ2) is 5.92. The maximum Gasteiger partial charge on any atom is 0.126 e. The number of fused-ring (bicyclic) bond motifs is 1. The third kappa shape index (κ3) is 2.96. The molecule has 1 unspecified atom stereocenters. The number of nitrogens with two attached hydrogens (primary N) is 1. The Hall–Kier alpha value is -1.78. The van der Waals surface area contributed by atoms with Crippen LogP contribution in [0.3, 0.4) is 0 Å². The van der Waals surface area contributed by atoms with E-state index in [0.29, 0.717) is 12.0 Å². The summed E-state index contributed by atoms with van der Waals surface area (Å²) in [4.78, 5) is 4.40. The zero-order chi connectivity index (χ0) is 14.8. The number of aromatic nitrogens is 1. The summed E-state index contributed by atoms with van der Waals surface area (Å²) in [5.41, 5.74) is 7.66. The van der Waals surface area contributed by atoms with Crippen molar-refractivity contribution in [1.82, 2.24) is 4.98 Å². The summed E-state index contributed by atoms with van der Waals surface area (Å²) in [6.07, 6.45) is 2.15. The van der Waals surface area contributed by atoms with E-state index in [4.69, 9.17) is 5.73 Å². The van der Waals surface area contributed by atoms with Crippen molar-refractivity contribution in [2.45, 2.75) is 12.5 Å². The minimum atomic E-state index is -0.347. The molecule has 0 aliphatic rings. The third-order valence-electron chi connectivity index (χ3n) is 3.50. The van der Waals surface area contributed by atoms with Crippen LogP contribution in [0.25, 0.3) is 10.8 Å². The monoisotopic (exact) mass is 344 g/mol. The Kier molecular flexibility index (Phi) is 3.99. The first kappa shape index (κ1) is 14.2. The van der Waals surface area contributed by atoms with Crippen molar-refractivity contribution in [2.75, 3.05) is 0 Å². The molecule has 0 amide bonds. The van der Waals surface area contributed by atoms with Crippen LogP contribution in [0.2, 0.25) is 0 Å². The first-order valence-electron chi connectivity index (χ1n) is 6.68. The van der Waals surface area contributed by atoms with Crippen molar-refractivity contribution in [3.05, 3.63) is 76.3 Å². The summed E-state index contributed by atoms with van der Waals surface area (Å²) in [5, 5.41) is 2.11. The Bertz CT molecular complexity index is 783. The van der Waals surface area contributed by atoms with Gasteiger partial charge in [-0.25, -0.2) is 4.39 Å². The van der Waals surface area contributed by atoms with Crippen molar-refractivity contribution in [3.63, 3.8) is 0 Å². The number of rotatable bonds is 3. The molecule has 0 saturated heterocycles. The molecule has 0 aliphatic carbocycles. The molecule has 2 N–H and O–H groups in total. The molecule has 0 aliphatic heterocycles. The van der Waals surface area contributed by atoms with E-state index in [1.807, 2.05) is 30.3 Å². The number of hydrogen-bond donors (Lipinski definition) is 1. The van der Waals surface area contributed by atoms with Gasteiger partial charge in [-0.05, 0) is 41.6 Å². The number of pyridine rings is 1. The van der Waals surface area contributed by atoms with E-state index < -0.39 is 0 Å². The van der Waals surface area contributed by atoms with Crippen molar-refractivity contribution < 1.29 is 4.39 Å². The molecule has 1 heterocycles. The van der Waals surface area contributed by atoms with Gasteiger partial charge in [0.1, 0.15) is 5.82 Å². The van der Waals surface area contributed by atoms with Gasteiger partial charge in [-0.2, -0.15) is 0 Å². The van der Waals surface area contributed by atoms with Gasteiger partial charge in [0.25, 0.3) is 0 Å². The molecule has 3 rings (SSSR count). The quantitative estimate of drug-likeness (QED) is 0.765. The molecular weight excluding hydrogens is 331 g/mol. The lowest BCUT2D eigenvalue weighted by Gasteiger charge is -2.14. The summed E-state index contributed by atoms with van der Waals surface area (Å²) in [7, 11) is 0. The number of nitrogens with zero attached hydrogens (tertiary/aromatic N) is 1. The molecular formula is C17H14BrFN2. The van der Waals surface area contributed by atoms with Crippen LogP contribution in [0, 0.1) is 5.82 Å². The van der Waals surface area contributed by atoms with E-state index >= 15 is 0 Å². The maximum absolute atomic E-state index is 13.9. The maximum atomic E-state index is 13.9. The molecule has 1 atom stereocenters. The Balaban J connectivity index is 1.97. The van der Waals surface area contributed by atoms with Crippen molar-refractivity contribution in [3.8, 4) is 0 Å². The van der Waals surface area contributed by atoms with Gasteiger partial charge in [0, 0.05) is 16.1 Å². The molecule has 0 spiro atoms. The smallest absolute Gasteiger partial charge is 0.126 e. The number of benzene rings is 2. The number of halogens is 2. The zero-order valence-electron chi connectivity index (χ0n) is 11.3. The van der Waals surface area contributed by atoms with Crippen molar-refractivity contribution >= 4 is 26.7 Å². The molecule has 2 aromatic carbocycles. The van der Waals surface area contributed by atoms with Crippen molar-refractivity contribution in [2.24, 2.45) is 5.73 Å². The minimum absolute atomic E-state index is 0.242. The Morgan fingerprint density at radius 1 is 1.14 bits per heavy atom. The van der Waals surface area contributed by atoms with Crippen LogP contribution >= 0.6 is 15.9 Å². The zero-order valence-corrected chi connectivity index (χ0v) is 12.8. The standard InChI is InChI=1S/C17H14BrFN2/c18-13-5-6-15(19)12(9-13)10-16(20)17-14-4-2-1-3-11(14)7-8-21-17/h1-9,16H,10,20H2. The molecule has 1 aromatic heterocycles. The van der Waals surface area contributed by atoms with Gasteiger partial charge in [0.15, 0.2) is 0 Å². The topological polar surface area (TPSA) is 38.9 Å². The van der Waals surface area contributed by atoms with Crippen LogP contribution in [0.5, 0.6) is 0 Å².